The average Bonchev–Trinajstić information content (AvgIpc) is 2.77. The number of aromatic nitrogens is 1. The van der Waals surface area contributed by atoms with E-state index in [9.17, 15) is 0 Å². The molecule has 0 saturated carbocycles. The number of hydrogen-bond donors (Lipinski definition) is 1. The summed E-state index contributed by atoms with van der Waals surface area (Å²) in [6.45, 7) is 2.52. The zero-order valence-corrected chi connectivity index (χ0v) is 17.4. The van der Waals surface area contributed by atoms with Crippen molar-refractivity contribution in [2.45, 2.75) is 13.5 Å². The Morgan fingerprint density at radius 3 is 2.45 bits per heavy atom. The second-order valence-corrected chi connectivity index (χ2v) is 6.99. The Balaban J connectivity index is 0.000000858. The number of aryl methyl sites for hydroxylation is 1. The zero-order chi connectivity index (χ0) is 22.2. The van der Waals surface area contributed by atoms with Gasteiger partial charge in [-0.05, 0) is 42.3 Å². The van der Waals surface area contributed by atoms with Gasteiger partial charge in [-0.15, -0.1) is 0 Å². The van der Waals surface area contributed by atoms with Crippen molar-refractivity contribution in [3.05, 3.63) is 89.1 Å². The number of ether oxygens (including phenoxy) is 2. The molecule has 2 N–H and O–H groups in total. The van der Waals surface area contributed by atoms with Crippen LogP contribution in [-0.2, 0) is 16.2 Å². The van der Waals surface area contributed by atoms with E-state index in [0.717, 1.165) is 27.8 Å². The number of anilines is 1. The lowest BCUT2D eigenvalue weighted by atomic mass is 10.1. The third-order valence-electron chi connectivity index (χ3n) is 4.44. The fraction of sp³-hybridized carbons (Fsp3) is 0.0833. The molecule has 0 aliphatic carbocycles. The first-order valence-electron chi connectivity index (χ1n) is 9.30. The quantitative estimate of drug-likeness (QED) is 0.413. The molecular formula is C24H19ClN2O4. The van der Waals surface area contributed by atoms with Gasteiger partial charge in [0.1, 0.15) is 23.9 Å². The van der Waals surface area contributed by atoms with Crippen LogP contribution >= 0.6 is 11.6 Å². The summed E-state index contributed by atoms with van der Waals surface area (Å²) < 4.78 is 12.0. The number of fused-ring (bicyclic) bond motifs is 1. The maximum absolute atomic E-state index is 8.12. The molecule has 0 bridgehead atoms. The number of carbonyl (C=O) groups excluding carboxylic acids is 2. The molecule has 4 rings (SSSR count). The highest BCUT2D eigenvalue weighted by atomic mass is 35.5. The molecule has 1 aromatic heterocycles. The SMILES string of the molecule is Cc1cc2c(Oc3ccc(N)c(Cl)c3)ccnc2cc1OCc1ccccc1.O=C=O. The molecule has 6 nitrogen and oxygen atoms in total. The van der Waals surface area contributed by atoms with Crippen LogP contribution in [0.1, 0.15) is 11.1 Å². The van der Waals surface area contributed by atoms with E-state index in [2.05, 4.69) is 4.98 Å². The molecule has 156 valence electrons. The van der Waals surface area contributed by atoms with Crippen LogP contribution in [0.15, 0.2) is 72.9 Å². The van der Waals surface area contributed by atoms with Gasteiger partial charge < -0.3 is 15.2 Å². The van der Waals surface area contributed by atoms with Crippen molar-refractivity contribution in [1.82, 2.24) is 4.98 Å². The summed E-state index contributed by atoms with van der Waals surface area (Å²) in [5, 5.41) is 1.36. The summed E-state index contributed by atoms with van der Waals surface area (Å²) in [6, 6.07) is 21.1. The minimum absolute atomic E-state index is 0.250. The summed E-state index contributed by atoms with van der Waals surface area (Å²) in [7, 11) is 0. The van der Waals surface area contributed by atoms with Crippen LogP contribution in [-0.4, -0.2) is 11.1 Å². The van der Waals surface area contributed by atoms with E-state index in [1.807, 2.05) is 55.5 Å². The predicted octanol–water partition coefficient (Wildman–Crippen LogP) is 5.57. The highest BCUT2D eigenvalue weighted by Gasteiger charge is 2.10. The first-order chi connectivity index (χ1) is 15.0. The van der Waals surface area contributed by atoms with Crippen molar-refractivity contribution < 1.29 is 19.1 Å². The number of benzene rings is 3. The molecule has 0 unspecified atom stereocenters. The number of nitrogens with two attached hydrogens (primary N) is 1. The van der Waals surface area contributed by atoms with E-state index < -0.39 is 0 Å². The van der Waals surface area contributed by atoms with Crippen molar-refractivity contribution >= 4 is 34.3 Å². The van der Waals surface area contributed by atoms with E-state index >= 15 is 0 Å². The van der Waals surface area contributed by atoms with Crippen LogP contribution in [0.2, 0.25) is 5.02 Å². The molecule has 4 aromatic rings. The Labute approximate surface area is 184 Å². The van der Waals surface area contributed by atoms with Gasteiger partial charge in [0.15, 0.2) is 0 Å². The molecular weight excluding hydrogens is 416 g/mol. The van der Waals surface area contributed by atoms with Crippen molar-refractivity contribution in [3.63, 3.8) is 0 Å². The number of pyridine rings is 1. The van der Waals surface area contributed by atoms with Crippen molar-refractivity contribution in [1.29, 1.82) is 0 Å². The topological polar surface area (TPSA) is 91.5 Å². The first-order valence-corrected chi connectivity index (χ1v) is 9.68. The van der Waals surface area contributed by atoms with Crippen molar-refractivity contribution in [2.75, 3.05) is 5.73 Å². The number of hydrogen-bond acceptors (Lipinski definition) is 6. The van der Waals surface area contributed by atoms with E-state index in [0.29, 0.717) is 28.8 Å². The van der Waals surface area contributed by atoms with Gasteiger partial charge in [-0.1, -0.05) is 41.9 Å². The first kappa shape index (κ1) is 21.8. The Morgan fingerprint density at radius 1 is 1.00 bits per heavy atom. The van der Waals surface area contributed by atoms with Gasteiger partial charge in [0.25, 0.3) is 0 Å². The molecule has 31 heavy (non-hydrogen) atoms. The van der Waals surface area contributed by atoms with E-state index in [-0.39, 0.29) is 6.15 Å². The van der Waals surface area contributed by atoms with Gasteiger partial charge in [-0.25, -0.2) is 0 Å². The fourth-order valence-corrected chi connectivity index (χ4v) is 3.11. The Kier molecular flexibility index (Phi) is 7.22. The Morgan fingerprint density at radius 2 is 1.74 bits per heavy atom. The van der Waals surface area contributed by atoms with Crippen LogP contribution in [0.3, 0.4) is 0 Å². The van der Waals surface area contributed by atoms with Crippen LogP contribution in [0.5, 0.6) is 17.2 Å². The molecule has 7 heteroatoms. The van der Waals surface area contributed by atoms with Crippen molar-refractivity contribution in [2.24, 2.45) is 0 Å². The summed E-state index contributed by atoms with van der Waals surface area (Å²) in [6.07, 6.45) is 1.97. The lowest BCUT2D eigenvalue weighted by Crippen LogP contribution is -1.98. The average molecular weight is 435 g/mol. The lowest BCUT2D eigenvalue weighted by molar-refractivity contribution is -0.191. The lowest BCUT2D eigenvalue weighted by Gasteiger charge is -2.13. The molecule has 1 heterocycles. The highest BCUT2D eigenvalue weighted by Crippen LogP contribution is 2.34. The fourth-order valence-electron chi connectivity index (χ4n) is 2.93. The Hall–Kier alpha value is -3.86. The van der Waals surface area contributed by atoms with Crippen LogP contribution < -0.4 is 15.2 Å². The minimum atomic E-state index is 0.250. The van der Waals surface area contributed by atoms with Gasteiger partial charge in [0.05, 0.1) is 16.2 Å². The summed E-state index contributed by atoms with van der Waals surface area (Å²) >= 11 is 6.10. The third kappa shape index (κ3) is 5.60. The summed E-state index contributed by atoms with van der Waals surface area (Å²) in [5.41, 5.74) is 9.21. The normalized spacial score (nSPS) is 10.0. The molecule has 0 amide bonds. The van der Waals surface area contributed by atoms with Crippen LogP contribution in [0, 0.1) is 6.92 Å². The third-order valence-corrected chi connectivity index (χ3v) is 4.76. The van der Waals surface area contributed by atoms with Gasteiger partial charge in [-0.3, -0.25) is 4.98 Å². The van der Waals surface area contributed by atoms with E-state index in [4.69, 9.17) is 36.4 Å². The van der Waals surface area contributed by atoms with Crippen LogP contribution in [0.25, 0.3) is 10.9 Å². The van der Waals surface area contributed by atoms with Gasteiger partial charge >= 0.3 is 6.15 Å². The number of nitrogens with zero attached hydrogens (tertiary/aromatic N) is 1. The number of rotatable bonds is 5. The second-order valence-electron chi connectivity index (χ2n) is 6.59. The molecule has 0 spiro atoms. The van der Waals surface area contributed by atoms with E-state index in [1.54, 1.807) is 24.4 Å². The predicted molar refractivity (Wildman–Crippen MR) is 118 cm³/mol. The second kappa shape index (κ2) is 10.3. The van der Waals surface area contributed by atoms with Crippen LogP contribution in [0.4, 0.5) is 5.69 Å². The standard InChI is InChI=1S/C23H19ClN2O2.CO2/c1-15-11-18-21(13-23(15)27-14-16-5-3-2-4-6-16)26-10-9-22(18)28-17-7-8-20(25)19(24)12-17;2-1-3/h2-13H,14,25H2,1H3;. The van der Waals surface area contributed by atoms with Gasteiger partial charge in [0, 0.05) is 23.7 Å². The molecule has 0 fully saturated rings. The smallest absolute Gasteiger partial charge is 0.373 e. The number of halogens is 1. The largest absolute Gasteiger partial charge is 0.489 e. The van der Waals surface area contributed by atoms with Gasteiger partial charge in [-0.2, -0.15) is 9.59 Å². The molecule has 0 aliphatic heterocycles. The summed E-state index contributed by atoms with van der Waals surface area (Å²) in [4.78, 5) is 20.7. The zero-order valence-electron chi connectivity index (χ0n) is 16.7. The minimum Gasteiger partial charge on any atom is -0.489 e. The Bertz CT molecular complexity index is 1220. The molecule has 0 saturated heterocycles. The van der Waals surface area contributed by atoms with Crippen molar-refractivity contribution in [3.8, 4) is 17.2 Å². The molecule has 0 radical (unpaired) electrons. The maximum atomic E-state index is 8.12. The highest BCUT2D eigenvalue weighted by molar-refractivity contribution is 6.33. The van der Waals surface area contributed by atoms with E-state index in [1.165, 1.54) is 0 Å². The molecule has 0 atom stereocenters. The molecule has 0 aliphatic rings. The monoisotopic (exact) mass is 434 g/mol. The maximum Gasteiger partial charge on any atom is 0.373 e. The van der Waals surface area contributed by atoms with Gasteiger partial charge in [0.2, 0.25) is 0 Å². The number of nitrogen functional groups attached to an aromatic ring is 1. The molecule has 3 aromatic carbocycles. The summed E-state index contributed by atoms with van der Waals surface area (Å²) in [5.74, 6) is 2.12.